The third kappa shape index (κ3) is 9.00. The van der Waals surface area contributed by atoms with Crippen LogP contribution in [0.2, 0.25) is 0 Å². The average molecular weight is 264 g/mol. The number of aldehydes is 1. The van der Waals surface area contributed by atoms with Gasteiger partial charge in [0.1, 0.15) is 6.29 Å². The van der Waals surface area contributed by atoms with E-state index >= 15 is 0 Å². The summed E-state index contributed by atoms with van der Waals surface area (Å²) in [6.45, 7) is 6.33. The van der Waals surface area contributed by atoms with Gasteiger partial charge in [-0.3, -0.25) is 9.59 Å². The molecule has 0 aromatic heterocycles. The molecule has 0 bridgehead atoms. The van der Waals surface area contributed by atoms with E-state index in [-0.39, 0.29) is 0 Å². The van der Waals surface area contributed by atoms with Crippen molar-refractivity contribution in [1.29, 1.82) is 0 Å². The molecule has 106 valence electrons. The second-order valence-electron chi connectivity index (χ2n) is 4.79. The zero-order chi connectivity index (χ0) is 14.7. The molecular formula is C16H24O3. The topological polar surface area (TPSA) is 54.4 Å². The summed E-state index contributed by atoms with van der Waals surface area (Å²) in [7, 11) is 0. The van der Waals surface area contributed by atoms with E-state index < -0.39 is 5.97 Å². The van der Waals surface area contributed by atoms with Crippen LogP contribution in [0.5, 0.6) is 0 Å². The normalized spacial score (nSPS) is 9.68. The fourth-order valence-electron chi connectivity index (χ4n) is 1.49. The van der Waals surface area contributed by atoms with Crippen molar-refractivity contribution >= 4 is 12.3 Å². The third-order valence-corrected chi connectivity index (χ3v) is 2.73. The number of hydrogen-bond donors (Lipinski definition) is 1. The number of carboxylic acids is 1. The fraction of sp³-hybridized carbons (Fsp3) is 0.500. The Labute approximate surface area is 115 Å². The van der Waals surface area contributed by atoms with Crippen molar-refractivity contribution in [3.8, 4) is 0 Å². The number of benzene rings is 1. The first-order chi connectivity index (χ1) is 9.01. The Kier molecular flexibility index (Phi) is 9.41. The highest BCUT2D eigenvalue weighted by Crippen LogP contribution is 2.13. The molecule has 0 aliphatic heterocycles. The highest BCUT2D eigenvalue weighted by atomic mass is 16.4. The van der Waals surface area contributed by atoms with E-state index in [0.717, 1.165) is 31.1 Å². The first-order valence-corrected chi connectivity index (χ1v) is 6.78. The van der Waals surface area contributed by atoms with Crippen LogP contribution in [0.3, 0.4) is 0 Å². The number of aliphatic carboxylic acids is 1. The van der Waals surface area contributed by atoms with Crippen LogP contribution in [-0.4, -0.2) is 17.4 Å². The SMILES string of the molecule is CC(C)c1ccc(C=O)cc1.CCCCCC(=O)O. The van der Waals surface area contributed by atoms with Gasteiger partial charge in [0.15, 0.2) is 0 Å². The number of carbonyl (C=O) groups is 2. The lowest BCUT2D eigenvalue weighted by Crippen LogP contribution is -1.92. The molecule has 1 rings (SSSR count). The van der Waals surface area contributed by atoms with Crippen molar-refractivity contribution in [1.82, 2.24) is 0 Å². The maximum atomic E-state index is 10.3. The second-order valence-corrected chi connectivity index (χ2v) is 4.79. The van der Waals surface area contributed by atoms with Crippen LogP contribution in [0.25, 0.3) is 0 Å². The quantitative estimate of drug-likeness (QED) is 0.616. The van der Waals surface area contributed by atoms with Crippen molar-refractivity contribution in [3.05, 3.63) is 35.4 Å². The largest absolute Gasteiger partial charge is 0.481 e. The average Bonchev–Trinajstić information content (AvgIpc) is 2.39. The van der Waals surface area contributed by atoms with Crippen molar-refractivity contribution in [3.63, 3.8) is 0 Å². The van der Waals surface area contributed by atoms with Gasteiger partial charge < -0.3 is 5.11 Å². The van der Waals surface area contributed by atoms with Gasteiger partial charge in [-0.1, -0.05) is 57.9 Å². The van der Waals surface area contributed by atoms with Crippen molar-refractivity contribution < 1.29 is 14.7 Å². The molecule has 0 atom stereocenters. The van der Waals surface area contributed by atoms with Gasteiger partial charge in [-0.2, -0.15) is 0 Å². The van der Waals surface area contributed by atoms with Crippen LogP contribution in [0.4, 0.5) is 0 Å². The first-order valence-electron chi connectivity index (χ1n) is 6.78. The molecule has 0 radical (unpaired) electrons. The molecule has 3 nitrogen and oxygen atoms in total. The van der Waals surface area contributed by atoms with E-state index in [1.165, 1.54) is 5.56 Å². The molecular weight excluding hydrogens is 240 g/mol. The van der Waals surface area contributed by atoms with E-state index in [1.807, 2.05) is 24.3 Å². The molecule has 1 N–H and O–H groups in total. The number of hydrogen-bond acceptors (Lipinski definition) is 2. The summed E-state index contributed by atoms with van der Waals surface area (Å²) >= 11 is 0. The molecule has 19 heavy (non-hydrogen) atoms. The summed E-state index contributed by atoms with van der Waals surface area (Å²) in [5.41, 5.74) is 2.02. The molecule has 0 saturated carbocycles. The van der Waals surface area contributed by atoms with E-state index in [4.69, 9.17) is 5.11 Å². The lowest BCUT2D eigenvalue weighted by Gasteiger charge is -2.03. The molecule has 1 aromatic carbocycles. The molecule has 0 heterocycles. The van der Waals surface area contributed by atoms with E-state index in [2.05, 4.69) is 20.8 Å². The van der Waals surface area contributed by atoms with Gasteiger partial charge in [0.05, 0.1) is 0 Å². The molecule has 0 aliphatic carbocycles. The van der Waals surface area contributed by atoms with Crippen molar-refractivity contribution in [2.75, 3.05) is 0 Å². The zero-order valence-electron chi connectivity index (χ0n) is 12.1. The summed E-state index contributed by atoms with van der Waals surface area (Å²) in [6.07, 6.45) is 4.14. The van der Waals surface area contributed by atoms with E-state index in [1.54, 1.807) is 0 Å². The third-order valence-electron chi connectivity index (χ3n) is 2.73. The second kappa shape index (κ2) is 10.3. The summed E-state index contributed by atoms with van der Waals surface area (Å²) in [4.78, 5) is 20.2. The van der Waals surface area contributed by atoms with Crippen molar-refractivity contribution in [2.45, 2.75) is 52.4 Å². The van der Waals surface area contributed by atoms with Gasteiger partial charge in [0.2, 0.25) is 0 Å². The van der Waals surface area contributed by atoms with Gasteiger partial charge in [-0.15, -0.1) is 0 Å². The van der Waals surface area contributed by atoms with Crippen LogP contribution in [0, 0.1) is 0 Å². The number of carbonyl (C=O) groups excluding carboxylic acids is 1. The van der Waals surface area contributed by atoms with Gasteiger partial charge in [-0.05, 0) is 17.9 Å². The Morgan fingerprint density at radius 3 is 2.16 bits per heavy atom. The summed E-state index contributed by atoms with van der Waals surface area (Å²) in [6, 6.07) is 7.69. The number of rotatable bonds is 6. The van der Waals surface area contributed by atoms with Crippen LogP contribution in [-0.2, 0) is 4.79 Å². The molecule has 1 aromatic rings. The maximum absolute atomic E-state index is 10.3. The van der Waals surface area contributed by atoms with E-state index in [9.17, 15) is 9.59 Å². The Bertz CT molecular complexity index is 366. The zero-order valence-corrected chi connectivity index (χ0v) is 12.1. The summed E-state index contributed by atoms with van der Waals surface area (Å²) in [5, 5.41) is 8.14. The van der Waals surface area contributed by atoms with Crippen LogP contribution in [0.15, 0.2) is 24.3 Å². The van der Waals surface area contributed by atoms with Gasteiger partial charge in [0, 0.05) is 12.0 Å². The highest BCUT2D eigenvalue weighted by Gasteiger charge is 1.97. The molecule has 0 unspecified atom stereocenters. The Balaban J connectivity index is 0.000000362. The Hall–Kier alpha value is -1.64. The van der Waals surface area contributed by atoms with Gasteiger partial charge >= 0.3 is 5.97 Å². The first kappa shape index (κ1) is 17.4. The van der Waals surface area contributed by atoms with Gasteiger partial charge in [0.25, 0.3) is 0 Å². The van der Waals surface area contributed by atoms with Crippen LogP contribution < -0.4 is 0 Å². The molecule has 0 fully saturated rings. The molecule has 0 spiro atoms. The fourth-order valence-corrected chi connectivity index (χ4v) is 1.49. The molecule has 3 heteroatoms. The highest BCUT2D eigenvalue weighted by molar-refractivity contribution is 5.74. The number of unbranched alkanes of at least 4 members (excludes halogenated alkanes) is 2. The smallest absolute Gasteiger partial charge is 0.303 e. The minimum atomic E-state index is -0.682. The standard InChI is InChI=1S/C10H12O.C6H12O2/c1-8(2)10-5-3-9(7-11)4-6-10;1-2-3-4-5-6(7)8/h3-8H,1-2H3;2-5H2,1H3,(H,7,8). The predicted octanol–water partition coefficient (Wildman–Crippen LogP) is 4.27. The predicted molar refractivity (Wildman–Crippen MR) is 77.7 cm³/mol. The molecule has 0 aliphatic rings. The van der Waals surface area contributed by atoms with Crippen LogP contribution >= 0.6 is 0 Å². The Morgan fingerprint density at radius 1 is 1.21 bits per heavy atom. The summed E-state index contributed by atoms with van der Waals surface area (Å²) in [5.74, 6) is -0.144. The van der Waals surface area contributed by atoms with Crippen LogP contribution in [0.1, 0.15) is 68.3 Å². The lowest BCUT2D eigenvalue weighted by atomic mass is 10.0. The van der Waals surface area contributed by atoms with Crippen molar-refractivity contribution in [2.24, 2.45) is 0 Å². The number of carboxylic acid groups (broad SMARTS) is 1. The van der Waals surface area contributed by atoms with E-state index in [0.29, 0.717) is 12.3 Å². The minimum Gasteiger partial charge on any atom is -0.481 e. The monoisotopic (exact) mass is 264 g/mol. The molecule has 0 amide bonds. The van der Waals surface area contributed by atoms with Gasteiger partial charge in [-0.25, -0.2) is 0 Å². The molecule has 0 saturated heterocycles. The Morgan fingerprint density at radius 2 is 1.79 bits per heavy atom. The minimum absolute atomic E-state index is 0.327. The summed E-state index contributed by atoms with van der Waals surface area (Å²) < 4.78 is 0. The maximum Gasteiger partial charge on any atom is 0.303 e. The lowest BCUT2D eigenvalue weighted by molar-refractivity contribution is -0.137.